The molecule has 43 heavy (non-hydrogen) atoms. The SMILES string of the molecule is Cc1ccc2ccccc2c1S(=O)(=O)N(Cc1ccc(-c2cccc([C@H](C)C(=O)O)c2)cc1)Cc1ccc(C(F)(F)F)o1. The number of aryl methyl sites for hydroxylation is 1. The minimum atomic E-state index is -4.70. The second-order valence-electron chi connectivity index (χ2n) is 10.4. The van der Waals surface area contributed by atoms with E-state index in [1.54, 1.807) is 86.6 Å². The normalized spacial score (nSPS) is 13.0. The first kappa shape index (κ1) is 30.1. The van der Waals surface area contributed by atoms with Gasteiger partial charge in [-0.15, -0.1) is 0 Å². The minimum Gasteiger partial charge on any atom is -0.481 e. The van der Waals surface area contributed by atoms with Gasteiger partial charge >= 0.3 is 12.1 Å². The highest BCUT2D eigenvalue weighted by Gasteiger charge is 2.36. The zero-order chi connectivity index (χ0) is 30.9. The molecule has 0 aliphatic carbocycles. The van der Waals surface area contributed by atoms with Crippen LogP contribution < -0.4 is 0 Å². The van der Waals surface area contributed by atoms with Gasteiger partial charge in [0.05, 0.1) is 17.4 Å². The molecule has 0 aliphatic rings. The van der Waals surface area contributed by atoms with Gasteiger partial charge in [-0.25, -0.2) is 8.42 Å². The fraction of sp³-hybridized carbons (Fsp3) is 0.182. The van der Waals surface area contributed by atoms with Crippen molar-refractivity contribution in [1.82, 2.24) is 4.31 Å². The molecular weight excluding hydrogens is 579 g/mol. The summed E-state index contributed by atoms with van der Waals surface area (Å²) in [5.41, 5.74) is 3.34. The van der Waals surface area contributed by atoms with E-state index in [-0.39, 0.29) is 17.2 Å². The molecule has 1 atom stereocenters. The Bertz CT molecular complexity index is 1900. The molecule has 0 aliphatic heterocycles. The Kier molecular flexibility index (Phi) is 8.18. The summed E-state index contributed by atoms with van der Waals surface area (Å²) in [5.74, 6) is -2.97. The Labute approximate surface area is 247 Å². The van der Waals surface area contributed by atoms with Crippen LogP contribution in [0.4, 0.5) is 13.2 Å². The van der Waals surface area contributed by atoms with Crippen molar-refractivity contribution in [3.05, 3.63) is 125 Å². The van der Waals surface area contributed by atoms with E-state index in [9.17, 15) is 31.5 Å². The summed E-state index contributed by atoms with van der Waals surface area (Å²) in [5, 5.41) is 10.6. The van der Waals surface area contributed by atoms with Crippen LogP contribution >= 0.6 is 0 Å². The van der Waals surface area contributed by atoms with Crippen LogP contribution in [0.3, 0.4) is 0 Å². The maximum Gasteiger partial charge on any atom is 0.449 e. The summed E-state index contributed by atoms with van der Waals surface area (Å²) in [6, 6.07) is 26.7. The van der Waals surface area contributed by atoms with E-state index in [1.165, 1.54) is 0 Å². The van der Waals surface area contributed by atoms with Crippen LogP contribution in [0.1, 0.15) is 41.1 Å². The van der Waals surface area contributed by atoms with E-state index >= 15 is 0 Å². The molecule has 1 N–H and O–H groups in total. The average molecular weight is 608 g/mol. The Morgan fingerprint density at radius 2 is 1.60 bits per heavy atom. The predicted molar refractivity (Wildman–Crippen MR) is 157 cm³/mol. The highest BCUT2D eigenvalue weighted by atomic mass is 32.2. The van der Waals surface area contributed by atoms with Crippen molar-refractivity contribution in [3.8, 4) is 11.1 Å². The number of sulfonamides is 1. The van der Waals surface area contributed by atoms with Crippen LogP contribution in [0.2, 0.25) is 0 Å². The first-order valence-corrected chi connectivity index (χ1v) is 14.8. The second kappa shape index (κ2) is 11.7. The van der Waals surface area contributed by atoms with Crippen LogP contribution in [-0.2, 0) is 34.1 Å². The summed E-state index contributed by atoms with van der Waals surface area (Å²) in [6.45, 7) is 2.73. The van der Waals surface area contributed by atoms with Gasteiger partial charge in [0, 0.05) is 11.9 Å². The van der Waals surface area contributed by atoms with Crippen molar-refractivity contribution in [3.63, 3.8) is 0 Å². The number of rotatable bonds is 9. The number of furan rings is 1. The van der Waals surface area contributed by atoms with E-state index in [1.807, 2.05) is 12.1 Å². The predicted octanol–water partition coefficient (Wildman–Crippen LogP) is 8.01. The zero-order valence-corrected chi connectivity index (χ0v) is 24.1. The molecule has 5 aromatic rings. The van der Waals surface area contributed by atoms with Crippen molar-refractivity contribution in [1.29, 1.82) is 0 Å². The van der Waals surface area contributed by atoms with Crippen molar-refractivity contribution < 1.29 is 35.9 Å². The molecule has 0 amide bonds. The Morgan fingerprint density at radius 1 is 0.884 bits per heavy atom. The highest BCUT2D eigenvalue weighted by molar-refractivity contribution is 7.89. The largest absolute Gasteiger partial charge is 0.481 e. The number of benzene rings is 4. The van der Waals surface area contributed by atoms with E-state index in [4.69, 9.17) is 4.42 Å². The lowest BCUT2D eigenvalue weighted by molar-refractivity contribution is -0.153. The molecule has 0 saturated carbocycles. The number of fused-ring (bicyclic) bond motifs is 1. The molecule has 1 aromatic heterocycles. The molecule has 6 nitrogen and oxygen atoms in total. The van der Waals surface area contributed by atoms with Gasteiger partial charge in [0.1, 0.15) is 5.76 Å². The van der Waals surface area contributed by atoms with Crippen LogP contribution in [0.15, 0.2) is 106 Å². The molecule has 0 radical (unpaired) electrons. The fourth-order valence-corrected chi connectivity index (χ4v) is 6.79. The number of hydrogen-bond acceptors (Lipinski definition) is 4. The third kappa shape index (κ3) is 6.35. The molecule has 0 bridgehead atoms. The third-order valence-corrected chi connectivity index (χ3v) is 9.35. The van der Waals surface area contributed by atoms with Crippen LogP contribution in [0.25, 0.3) is 21.9 Å². The molecule has 0 spiro atoms. The number of nitrogens with zero attached hydrogens (tertiary/aromatic N) is 1. The van der Waals surface area contributed by atoms with Crippen LogP contribution in [0.5, 0.6) is 0 Å². The van der Waals surface area contributed by atoms with Gasteiger partial charge < -0.3 is 9.52 Å². The molecule has 5 rings (SSSR count). The van der Waals surface area contributed by atoms with Gasteiger partial charge in [-0.1, -0.05) is 84.9 Å². The Balaban J connectivity index is 1.52. The second-order valence-corrected chi connectivity index (χ2v) is 12.2. The fourth-order valence-electron chi connectivity index (χ4n) is 4.97. The number of carboxylic acid groups (broad SMARTS) is 1. The summed E-state index contributed by atoms with van der Waals surface area (Å²) < 4.78 is 74.3. The van der Waals surface area contributed by atoms with E-state index < -0.39 is 40.4 Å². The lowest BCUT2D eigenvalue weighted by Gasteiger charge is -2.24. The van der Waals surface area contributed by atoms with Gasteiger partial charge in [0.25, 0.3) is 0 Å². The van der Waals surface area contributed by atoms with Crippen molar-refractivity contribution in [2.75, 3.05) is 0 Å². The lowest BCUT2D eigenvalue weighted by atomic mass is 9.96. The van der Waals surface area contributed by atoms with Crippen molar-refractivity contribution in [2.45, 2.75) is 43.9 Å². The number of carboxylic acids is 1. The van der Waals surface area contributed by atoms with Gasteiger partial charge in [0.2, 0.25) is 15.8 Å². The maximum absolute atomic E-state index is 14.2. The molecule has 0 unspecified atom stereocenters. The summed E-state index contributed by atoms with van der Waals surface area (Å²) in [6.07, 6.45) is -4.70. The average Bonchev–Trinajstić information content (AvgIpc) is 3.46. The third-order valence-electron chi connectivity index (χ3n) is 7.35. The van der Waals surface area contributed by atoms with Gasteiger partial charge in [-0.3, -0.25) is 4.79 Å². The smallest absolute Gasteiger partial charge is 0.449 e. The first-order valence-electron chi connectivity index (χ1n) is 13.4. The molecule has 0 fully saturated rings. The van der Waals surface area contributed by atoms with Gasteiger partial charge in [-0.2, -0.15) is 17.5 Å². The molecule has 10 heteroatoms. The molecule has 222 valence electrons. The molecular formula is C33H28F3NO5S. The topological polar surface area (TPSA) is 87.8 Å². The lowest BCUT2D eigenvalue weighted by Crippen LogP contribution is -2.31. The van der Waals surface area contributed by atoms with E-state index in [0.717, 1.165) is 27.6 Å². The Hall–Kier alpha value is -4.41. The summed E-state index contributed by atoms with van der Waals surface area (Å²) >= 11 is 0. The summed E-state index contributed by atoms with van der Waals surface area (Å²) in [4.78, 5) is 11.5. The molecule has 4 aromatic carbocycles. The quantitative estimate of drug-likeness (QED) is 0.183. The monoisotopic (exact) mass is 607 g/mol. The van der Waals surface area contributed by atoms with Gasteiger partial charge in [0.15, 0.2) is 0 Å². The van der Waals surface area contributed by atoms with Crippen LogP contribution in [0, 0.1) is 6.92 Å². The molecule has 0 saturated heterocycles. The Morgan fingerprint density at radius 3 is 2.28 bits per heavy atom. The summed E-state index contributed by atoms with van der Waals surface area (Å²) in [7, 11) is -4.23. The van der Waals surface area contributed by atoms with Crippen molar-refractivity contribution in [2.24, 2.45) is 0 Å². The number of hydrogen-bond donors (Lipinski definition) is 1. The number of alkyl halides is 3. The van der Waals surface area contributed by atoms with Crippen molar-refractivity contribution >= 4 is 26.8 Å². The van der Waals surface area contributed by atoms with Gasteiger partial charge in [-0.05, 0) is 59.2 Å². The number of aliphatic carboxylic acids is 1. The standard InChI is InChI=1S/C33H28F3NO5S/c1-21-10-13-25-6-3-4-9-29(25)31(21)43(40,41)37(20-28-16-17-30(42-28)33(34,35)36)19-23-11-14-24(15-12-23)27-8-5-7-26(18-27)22(2)32(38)39/h3-18,22H,19-20H2,1-2H3,(H,38,39)/t22-/m0/s1. The minimum absolute atomic E-state index is 0.0780. The number of halogens is 3. The zero-order valence-electron chi connectivity index (χ0n) is 23.3. The van der Waals surface area contributed by atoms with E-state index in [2.05, 4.69) is 0 Å². The van der Waals surface area contributed by atoms with E-state index in [0.29, 0.717) is 27.5 Å². The highest BCUT2D eigenvalue weighted by Crippen LogP contribution is 2.34. The molecule has 1 heterocycles. The first-order chi connectivity index (χ1) is 20.3. The van der Waals surface area contributed by atoms with Crippen LogP contribution in [-0.4, -0.2) is 23.8 Å². The number of carbonyl (C=O) groups is 1. The maximum atomic E-state index is 14.2.